The van der Waals surface area contributed by atoms with Crippen LogP contribution in [-0.2, 0) is 0 Å². The third kappa shape index (κ3) is 1.90. The Hall–Kier alpha value is -1.84. The monoisotopic (exact) mass is 194 g/mol. The number of nitrogens with one attached hydrogen (secondary N) is 1. The Labute approximate surface area is 81.4 Å². The van der Waals surface area contributed by atoms with Crippen LogP contribution in [0.25, 0.3) is 0 Å². The standard InChI is InChI=1S/C10H11FN2O/c1-3-13-10(14)7-4-6(2)8(11)5-9(7)12/h3-5H,1,12H2,2H3,(H,13,14). The zero-order valence-corrected chi connectivity index (χ0v) is 7.80. The molecule has 0 saturated carbocycles. The molecule has 0 heterocycles. The number of carbonyl (C=O) groups excluding carboxylic acids is 1. The minimum atomic E-state index is -0.419. The molecule has 0 radical (unpaired) electrons. The fourth-order valence-corrected chi connectivity index (χ4v) is 1.06. The maximum Gasteiger partial charge on any atom is 0.257 e. The average molecular weight is 194 g/mol. The van der Waals surface area contributed by atoms with E-state index in [1.54, 1.807) is 6.92 Å². The van der Waals surface area contributed by atoms with Gasteiger partial charge in [0.2, 0.25) is 0 Å². The Kier molecular flexibility index (Phi) is 2.86. The van der Waals surface area contributed by atoms with E-state index in [1.165, 1.54) is 12.3 Å². The first-order valence-corrected chi connectivity index (χ1v) is 4.03. The molecule has 0 aliphatic rings. The zero-order chi connectivity index (χ0) is 10.7. The number of nitrogens with two attached hydrogens (primary N) is 1. The first kappa shape index (κ1) is 10.2. The van der Waals surface area contributed by atoms with Gasteiger partial charge in [-0.2, -0.15) is 0 Å². The third-order valence-electron chi connectivity index (χ3n) is 1.81. The molecule has 14 heavy (non-hydrogen) atoms. The number of rotatable bonds is 2. The number of aryl methyl sites for hydroxylation is 1. The summed E-state index contributed by atoms with van der Waals surface area (Å²) in [5.74, 6) is -0.807. The number of benzene rings is 1. The lowest BCUT2D eigenvalue weighted by molar-refractivity contribution is 0.0971. The summed E-state index contributed by atoms with van der Waals surface area (Å²) in [5.41, 5.74) is 6.24. The molecule has 3 nitrogen and oxygen atoms in total. The molecule has 0 saturated heterocycles. The van der Waals surface area contributed by atoms with Gasteiger partial charge in [-0.25, -0.2) is 4.39 Å². The number of hydrogen-bond acceptors (Lipinski definition) is 2. The highest BCUT2D eigenvalue weighted by atomic mass is 19.1. The number of nitrogen functional groups attached to an aromatic ring is 1. The van der Waals surface area contributed by atoms with Crippen molar-refractivity contribution < 1.29 is 9.18 Å². The molecule has 1 aromatic carbocycles. The lowest BCUT2D eigenvalue weighted by Gasteiger charge is -2.06. The second-order valence-corrected chi connectivity index (χ2v) is 2.87. The largest absolute Gasteiger partial charge is 0.398 e. The predicted molar refractivity (Wildman–Crippen MR) is 53.2 cm³/mol. The van der Waals surface area contributed by atoms with Gasteiger partial charge in [0.1, 0.15) is 5.82 Å². The summed E-state index contributed by atoms with van der Waals surface area (Å²) in [4.78, 5) is 11.3. The minimum absolute atomic E-state index is 0.118. The third-order valence-corrected chi connectivity index (χ3v) is 1.81. The first-order valence-electron chi connectivity index (χ1n) is 4.03. The van der Waals surface area contributed by atoms with Crippen molar-refractivity contribution in [2.75, 3.05) is 5.73 Å². The molecule has 0 unspecified atom stereocenters. The molecule has 0 spiro atoms. The summed E-state index contributed by atoms with van der Waals surface area (Å²) in [6.45, 7) is 4.92. The summed E-state index contributed by atoms with van der Waals surface area (Å²) >= 11 is 0. The maximum absolute atomic E-state index is 13.0. The van der Waals surface area contributed by atoms with E-state index in [0.29, 0.717) is 5.56 Å². The molecule has 0 aromatic heterocycles. The lowest BCUT2D eigenvalue weighted by Crippen LogP contribution is -2.18. The molecular weight excluding hydrogens is 183 g/mol. The van der Waals surface area contributed by atoms with Crippen LogP contribution in [0.2, 0.25) is 0 Å². The van der Waals surface area contributed by atoms with Crippen LogP contribution in [0.5, 0.6) is 0 Å². The van der Waals surface area contributed by atoms with E-state index in [0.717, 1.165) is 6.07 Å². The lowest BCUT2D eigenvalue weighted by atomic mass is 10.1. The van der Waals surface area contributed by atoms with E-state index in [9.17, 15) is 9.18 Å². The molecule has 1 amide bonds. The van der Waals surface area contributed by atoms with Gasteiger partial charge in [-0.15, -0.1) is 0 Å². The van der Waals surface area contributed by atoms with Gasteiger partial charge in [0.15, 0.2) is 0 Å². The smallest absolute Gasteiger partial charge is 0.257 e. The summed E-state index contributed by atoms with van der Waals surface area (Å²) in [6, 6.07) is 2.54. The van der Waals surface area contributed by atoms with Crippen molar-refractivity contribution in [3.63, 3.8) is 0 Å². The molecule has 3 N–H and O–H groups in total. The first-order chi connectivity index (χ1) is 6.56. The van der Waals surface area contributed by atoms with Gasteiger partial charge in [0, 0.05) is 5.69 Å². The van der Waals surface area contributed by atoms with Gasteiger partial charge in [0.25, 0.3) is 5.91 Å². The Bertz CT molecular complexity index is 388. The van der Waals surface area contributed by atoms with Crippen LogP contribution >= 0.6 is 0 Å². The minimum Gasteiger partial charge on any atom is -0.398 e. The molecule has 0 atom stereocenters. The van der Waals surface area contributed by atoms with Gasteiger partial charge in [-0.3, -0.25) is 4.79 Å². The number of hydrogen-bond donors (Lipinski definition) is 2. The number of halogens is 1. The zero-order valence-electron chi connectivity index (χ0n) is 7.80. The highest BCUT2D eigenvalue weighted by Gasteiger charge is 2.10. The molecule has 0 aliphatic carbocycles. The summed E-state index contributed by atoms with van der Waals surface area (Å²) in [7, 11) is 0. The van der Waals surface area contributed by atoms with Crippen LogP contribution < -0.4 is 11.1 Å². The second kappa shape index (κ2) is 3.91. The van der Waals surface area contributed by atoms with E-state index in [2.05, 4.69) is 11.9 Å². The number of carbonyl (C=O) groups is 1. The molecule has 0 fully saturated rings. The van der Waals surface area contributed by atoms with Crippen LogP contribution in [0, 0.1) is 12.7 Å². The van der Waals surface area contributed by atoms with E-state index < -0.39 is 5.82 Å². The van der Waals surface area contributed by atoms with Crippen molar-refractivity contribution in [2.45, 2.75) is 6.92 Å². The molecule has 1 rings (SSSR count). The van der Waals surface area contributed by atoms with Crippen LogP contribution in [0.15, 0.2) is 24.9 Å². The van der Waals surface area contributed by atoms with Crippen LogP contribution in [-0.4, -0.2) is 5.91 Å². The fourth-order valence-electron chi connectivity index (χ4n) is 1.06. The van der Waals surface area contributed by atoms with Gasteiger partial charge >= 0.3 is 0 Å². The van der Waals surface area contributed by atoms with Crippen molar-refractivity contribution in [3.8, 4) is 0 Å². The topological polar surface area (TPSA) is 55.1 Å². The van der Waals surface area contributed by atoms with Gasteiger partial charge in [0.05, 0.1) is 5.56 Å². The van der Waals surface area contributed by atoms with Gasteiger partial charge in [-0.1, -0.05) is 6.58 Å². The van der Waals surface area contributed by atoms with Crippen LogP contribution in [0.4, 0.5) is 10.1 Å². The number of anilines is 1. The fraction of sp³-hybridized carbons (Fsp3) is 0.100. The van der Waals surface area contributed by atoms with E-state index in [1.807, 2.05) is 0 Å². The highest BCUT2D eigenvalue weighted by molar-refractivity contribution is 5.99. The molecule has 74 valence electrons. The predicted octanol–water partition coefficient (Wildman–Crippen LogP) is 1.59. The summed E-state index contributed by atoms with van der Waals surface area (Å²) in [5, 5.41) is 2.37. The maximum atomic E-state index is 13.0. The van der Waals surface area contributed by atoms with E-state index in [-0.39, 0.29) is 17.2 Å². The Morgan fingerprint density at radius 2 is 2.29 bits per heavy atom. The molecule has 1 aromatic rings. The summed E-state index contributed by atoms with van der Waals surface area (Å²) < 4.78 is 13.0. The van der Waals surface area contributed by atoms with E-state index in [4.69, 9.17) is 5.73 Å². The Balaban J connectivity index is 3.15. The van der Waals surface area contributed by atoms with Gasteiger partial charge in [-0.05, 0) is 30.8 Å². The van der Waals surface area contributed by atoms with Crippen molar-refractivity contribution in [2.24, 2.45) is 0 Å². The second-order valence-electron chi connectivity index (χ2n) is 2.87. The molecular formula is C10H11FN2O. The van der Waals surface area contributed by atoms with E-state index >= 15 is 0 Å². The SMILES string of the molecule is C=CNC(=O)c1cc(C)c(F)cc1N. The van der Waals surface area contributed by atoms with Gasteiger partial charge < -0.3 is 11.1 Å². The molecule has 0 bridgehead atoms. The number of amides is 1. The Morgan fingerprint density at radius 3 is 2.86 bits per heavy atom. The van der Waals surface area contributed by atoms with Crippen LogP contribution in [0.3, 0.4) is 0 Å². The van der Waals surface area contributed by atoms with Crippen molar-refractivity contribution >= 4 is 11.6 Å². The average Bonchev–Trinajstić information content (AvgIpc) is 2.11. The Morgan fingerprint density at radius 1 is 1.64 bits per heavy atom. The normalized spacial score (nSPS) is 9.57. The van der Waals surface area contributed by atoms with Crippen LogP contribution in [0.1, 0.15) is 15.9 Å². The van der Waals surface area contributed by atoms with Crippen molar-refractivity contribution in [1.29, 1.82) is 0 Å². The molecule has 0 aliphatic heterocycles. The van der Waals surface area contributed by atoms with Crippen molar-refractivity contribution in [1.82, 2.24) is 5.32 Å². The molecule has 4 heteroatoms. The quantitative estimate of drug-likeness (QED) is 0.702. The highest BCUT2D eigenvalue weighted by Crippen LogP contribution is 2.17. The van der Waals surface area contributed by atoms with Crippen molar-refractivity contribution in [3.05, 3.63) is 41.9 Å². The summed E-state index contributed by atoms with van der Waals surface area (Å²) in [6.07, 6.45) is 1.25.